The number of pyridine rings is 1. The average Bonchev–Trinajstić information content (AvgIpc) is 2.99. The van der Waals surface area contributed by atoms with Crippen molar-refractivity contribution in [1.29, 1.82) is 0 Å². The van der Waals surface area contributed by atoms with Crippen LogP contribution in [0.1, 0.15) is 16.1 Å². The molecular weight excluding hydrogens is 475 g/mol. The molecule has 0 radical (unpaired) electrons. The van der Waals surface area contributed by atoms with E-state index in [0.717, 1.165) is 0 Å². The van der Waals surface area contributed by atoms with Crippen molar-refractivity contribution in [2.75, 3.05) is 11.6 Å². The van der Waals surface area contributed by atoms with Gasteiger partial charge in [0.05, 0.1) is 10.7 Å². The number of carbonyl (C=O) groups is 1. The molecule has 3 rings (SSSR count). The minimum atomic E-state index is -1.34. The summed E-state index contributed by atoms with van der Waals surface area (Å²) in [5, 5.41) is 7.84. The Hall–Kier alpha value is -1.58. The number of hydrogen-bond donors (Lipinski definition) is 1. The van der Waals surface area contributed by atoms with Crippen molar-refractivity contribution in [1.82, 2.24) is 14.8 Å². The van der Waals surface area contributed by atoms with E-state index in [2.05, 4.69) is 31.3 Å². The third kappa shape index (κ3) is 4.30. The van der Waals surface area contributed by atoms with Crippen molar-refractivity contribution in [2.24, 2.45) is 0 Å². The van der Waals surface area contributed by atoms with Gasteiger partial charge in [-0.3, -0.25) is 4.79 Å². The second-order valence-electron chi connectivity index (χ2n) is 5.58. The predicted molar refractivity (Wildman–Crippen MR) is 111 cm³/mol. The molecule has 0 aliphatic rings. The lowest BCUT2D eigenvalue weighted by Crippen LogP contribution is -2.20. The third-order valence-corrected chi connectivity index (χ3v) is 5.51. The van der Waals surface area contributed by atoms with Gasteiger partial charge >= 0.3 is 0 Å². The maximum Gasteiger partial charge on any atom is 0.274 e. The van der Waals surface area contributed by atoms with Crippen molar-refractivity contribution in [3.05, 3.63) is 62.4 Å². The van der Waals surface area contributed by atoms with Gasteiger partial charge in [0.1, 0.15) is 16.6 Å². The zero-order chi connectivity index (χ0) is 19.7. The molecule has 1 aromatic carbocycles. The fraction of sp³-hybridized carbons (Fsp3) is 0.118. The topological polar surface area (TPSA) is 82.9 Å². The summed E-state index contributed by atoms with van der Waals surface area (Å²) in [4.78, 5) is 17.6. The number of hydrogen-bond acceptors (Lipinski definition) is 4. The molecule has 0 fully saturated rings. The van der Waals surface area contributed by atoms with Crippen molar-refractivity contribution in [3.8, 4) is 5.82 Å². The fourth-order valence-corrected chi connectivity index (χ4v) is 4.19. The van der Waals surface area contributed by atoms with Gasteiger partial charge in [-0.15, -0.1) is 0 Å². The maximum absolute atomic E-state index is 12.9. The molecule has 0 aliphatic carbocycles. The number of nitrogens with one attached hydrogen (secondary N) is 1. The Balaban J connectivity index is 2.04. The number of carbonyl (C=O) groups excluding carboxylic acids is 1. The lowest BCUT2D eigenvalue weighted by Gasteiger charge is -2.15. The molecule has 0 bridgehead atoms. The number of rotatable bonds is 4. The number of aromatic nitrogens is 3. The average molecular weight is 488 g/mol. The highest BCUT2D eigenvalue weighted by Gasteiger charge is 2.23. The molecule has 27 heavy (non-hydrogen) atoms. The van der Waals surface area contributed by atoms with E-state index in [1.807, 2.05) is 0 Å². The summed E-state index contributed by atoms with van der Waals surface area (Å²) in [6, 6.07) is 8.15. The zero-order valence-electron chi connectivity index (χ0n) is 14.2. The van der Waals surface area contributed by atoms with Crippen molar-refractivity contribution < 1.29 is 9.35 Å². The van der Waals surface area contributed by atoms with Crippen LogP contribution >= 0.6 is 39.1 Å². The molecule has 3 aromatic rings. The van der Waals surface area contributed by atoms with E-state index in [0.29, 0.717) is 36.6 Å². The van der Waals surface area contributed by atoms with Crippen molar-refractivity contribution >= 4 is 61.9 Å². The van der Waals surface area contributed by atoms with Gasteiger partial charge in [-0.05, 0) is 57.8 Å². The minimum Gasteiger partial charge on any atom is -0.612 e. The van der Waals surface area contributed by atoms with Crippen LogP contribution in [0.4, 0.5) is 5.69 Å². The van der Waals surface area contributed by atoms with Crippen LogP contribution in [0.3, 0.4) is 0 Å². The second-order valence-corrected chi connectivity index (χ2v) is 8.58. The Bertz CT molecular complexity index is 1030. The van der Waals surface area contributed by atoms with Gasteiger partial charge in [-0.1, -0.05) is 23.2 Å². The zero-order valence-corrected chi connectivity index (χ0v) is 18.1. The highest BCUT2D eigenvalue weighted by Crippen LogP contribution is 2.30. The summed E-state index contributed by atoms with van der Waals surface area (Å²) in [6.07, 6.45) is 3.08. The van der Waals surface area contributed by atoms with Crippen molar-refractivity contribution in [2.45, 2.75) is 11.8 Å². The summed E-state index contributed by atoms with van der Waals surface area (Å²) >= 11 is 14.2. The molecule has 2 heterocycles. The van der Waals surface area contributed by atoms with Gasteiger partial charge in [-0.2, -0.15) is 5.10 Å². The smallest absolute Gasteiger partial charge is 0.274 e. The van der Waals surface area contributed by atoms with Gasteiger partial charge < -0.3 is 9.87 Å². The number of benzene rings is 1. The van der Waals surface area contributed by atoms with E-state index < -0.39 is 17.1 Å². The number of anilines is 1. The Morgan fingerprint density at radius 1 is 1.33 bits per heavy atom. The van der Waals surface area contributed by atoms with E-state index in [1.54, 1.807) is 43.5 Å². The second kappa shape index (κ2) is 8.20. The van der Waals surface area contributed by atoms with Crippen LogP contribution in [0.2, 0.25) is 10.0 Å². The van der Waals surface area contributed by atoms with Crippen LogP contribution in [0.15, 0.2) is 46.0 Å². The van der Waals surface area contributed by atoms with Gasteiger partial charge in [0.2, 0.25) is 0 Å². The molecule has 0 saturated carbocycles. The molecule has 140 valence electrons. The van der Waals surface area contributed by atoms with Gasteiger partial charge in [0.25, 0.3) is 5.91 Å². The van der Waals surface area contributed by atoms with Crippen LogP contribution in [0.25, 0.3) is 5.82 Å². The van der Waals surface area contributed by atoms with Gasteiger partial charge in [0.15, 0.2) is 10.7 Å². The number of nitrogens with zero attached hydrogens (tertiary/aromatic N) is 3. The van der Waals surface area contributed by atoms with E-state index >= 15 is 0 Å². The minimum absolute atomic E-state index is 0.213. The van der Waals surface area contributed by atoms with Crippen molar-refractivity contribution in [3.63, 3.8) is 0 Å². The molecular formula is C17H13BrCl2N4O2S. The van der Waals surface area contributed by atoms with Crippen LogP contribution < -0.4 is 5.32 Å². The third-order valence-electron chi connectivity index (χ3n) is 3.66. The van der Waals surface area contributed by atoms with E-state index in [9.17, 15) is 9.35 Å². The fourth-order valence-electron chi connectivity index (χ4n) is 2.49. The number of aryl methyl sites for hydroxylation is 1. The highest BCUT2D eigenvalue weighted by atomic mass is 79.9. The quantitative estimate of drug-likeness (QED) is 0.543. The number of halogens is 3. The summed E-state index contributed by atoms with van der Waals surface area (Å²) in [5.41, 5.74) is 1.35. The molecule has 0 spiro atoms. The molecule has 0 saturated heterocycles. The summed E-state index contributed by atoms with van der Waals surface area (Å²) < 4.78 is 13.9. The molecule has 6 nitrogen and oxygen atoms in total. The SMILES string of the molecule is Cc1cc(Cl)cc([S+](C)[O-])c1NC(=O)c1cc(Br)nn1-c1ncccc1Cl. The van der Waals surface area contributed by atoms with E-state index in [-0.39, 0.29) is 5.69 Å². The Morgan fingerprint density at radius 2 is 2.07 bits per heavy atom. The molecule has 1 N–H and O–H groups in total. The summed E-state index contributed by atoms with van der Waals surface area (Å²) in [5.74, 6) is -0.130. The normalized spacial score (nSPS) is 12.1. The van der Waals surface area contributed by atoms with Gasteiger partial charge in [0, 0.05) is 23.4 Å². The lowest BCUT2D eigenvalue weighted by atomic mass is 10.2. The monoisotopic (exact) mass is 486 g/mol. The first-order valence-corrected chi connectivity index (χ1v) is 10.7. The highest BCUT2D eigenvalue weighted by molar-refractivity contribution is 9.10. The maximum atomic E-state index is 12.9. The van der Waals surface area contributed by atoms with E-state index in [1.165, 1.54) is 10.9 Å². The number of amides is 1. The van der Waals surface area contributed by atoms with E-state index in [4.69, 9.17) is 23.2 Å². The predicted octanol–water partition coefficient (Wildman–Crippen LogP) is 4.63. The van der Waals surface area contributed by atoms with Crippen LogP contribution in [0, 0.1) is 6.92 Å². The molecule has 1 amide bonds. The molecule has 1 atom stereocenters. The first-order chi connectivity index (χ1) is 12.8. The van der Waals surface area contributed by atoms with Crippen LogP contribution in [-0.4, -0.2) is 31.5 Å². The largest absolute Gasteiger partial charge is 0.612 e. The Morgan fingerprint density at radius 3 is 2.74 bits per heavy atom. The molecule has 2 aromatic heterocycles. The summed E-state index contributed by atoms with van der Waals surface area (Å²) in [7, 11) is 0. The molecule has 10 heteroatoms. The molecule has 1 unspecified atom stereocenters. The van der Waals surface area contributed by atoms with Crippen LogP contribution in [0.5, 0.6) is 0 Å². The standard InChI is InChI=1S/C17H13BrCl2N4O2S/c1-9-6-10(19)7-13(27(2)26)15(9)22-17(25)12-8-14(18)23-24(12)16-11(20)4-3-5-21-16/h3-8H,1-2H3,(H,22,25). The van der Waals surface area contributed by atoms with Gasteiger partial charge in [-0.25, -0.2) is 9.67 Å². The lowest BCUT2D eigenvalue weighted by molar-refractivity contribution is 0.101. The first-order valence-electron chi connectivity index (χ1n) is 7.59. The first kappa shape index (κ1) is 20.2. The van der Waals surface area contributed by atoms with Crippen LogP contribution in [-0.2, 0) is 11.2 Å². The summed E-state index contributed by atoms with van der Waals surface area (Å²) in [6.45, 7) is 1.78. The Kier molecular flexibility index (Phi) is 6.12. The Labute approximate surface area is 177 Å². The molecule has 0 aliphatic heterocycles.